The molecule has 1 aliphatic carbocycles. The summed E-state index contributed by atoms with van der Waals surface area (Å²) in [4.78, 5) is 3.17. The van der Waals surface area contributed by atoms with Crippen LogP contribution in [-0.2, 0) is 22.7 Å². The molecule has 1 N–H and O–H groups in total. The molecule has 0 bridgehead atoms. The summed E-state index contributed by atoms with van der Waals surface area (Å²) in [6.07, 6.45) is -3.05. The molecule has 2 aromatic rings. The number of alkyl halides is 3. The Morgan fingerprint density at radius 1 is 1.28 bits per heavy atom. The van der Waals surface area contributed by atoms with E-state index in [4.69, 9.17) is 0 Å². The first-order valence-corrected chi connectivity index (χ1v) is 8.96. The summed E-state index contributed by atoms with van der Waals surface area (Å²) in [5, 5.41) is 3.16. The second-order valence-corrected chi connectivity index (χ2v) is 7.62. The maximum absolute atomic E-state index is 14.1. The molecular weight excluding hydrogens is 366 g/mol. The normalized spacial score (nSPS) is 15.5. The first-order valence-electron chi connectivity index (χ1n) is 7.31. The smallest absolute Gasteiger partial charge is 0.329 e. The first-order chi connectivity index (χ1) is 11.6. The van der Waals surface area contributed by atoms with E-state index in [0.717, 1.165) is 18.9 Å². The topological polar surface area (TPSA) is 85.1 Å². The van der Waals surface area contributed by atoms with Crippen LogP contribution in [0.2, 0.25) is 0 Å². The number of aromatic nitrogens is 2. The Hall–Kier alpha value is -2.01. The van der Waals surface area contributed by atoms with Gasteiger partial charge in [0, 0.05) is 17.7 Å². The van der Waals surface area contributed by atoms with Crippen LogP contribution < -0.4 is 4.72 Å². The maximum atomic E-state index is 14.1. The van der Waals surface area contributed by atoms with Crippen LogP contribution in [0.15, 0.2) is 22.7 Å². The van der Waals surface area contributed by atoms with Gasteiger partial charge in [-0.3, -0.25) is 0 Å². The molecule has 1 heterocycles. The fourth-order valence-electron chi connectivity index (χ4n) is 2.13. The standard InChI is InChI=1S/C14H13F4N3O3S/c15-11-5-9(12-20-13(24-21-12)14(16,17)18)3-4-10(11)6-19-25(22,23)7-8-1-2-8/h3-5,8,19H,1-2,6-7H2. The Kier molecular flexibility index (Phi) is 4.54. The molecule has 0 saturated heterocycles. The Labute approximate surface area is 140 Å². The van der Waals surface area contributed by atoms with Crippen LogP contribution in [0.5, 0.6) is 0 Å². The quantitative estimate of drug-likeness (QED) is 0.780. The van der Waals surface area contributed by atoms with Gasteiger partial charge in [0.2, 0.25) is 15.8 Å². The predicted molar refractivity (Wildman–Crippen MR) is 78.0 cm³/mol. The van der Waals surface area contributed by atoms with Crippen molar-refractivity contribution in [3.8, 4) is 11.4 Å². The SMILES string of the molecule is O=S(=O)(CC1CC1)NCc1ccc(-c2noc(C(F)(F)F)n2)cc1F. The van der Waals surface area contributed by atoms with E-state index in [0.29, 0.717) is 0 Å². The van der Waals surface area contributed by atoms with Crippen LogP contribution in [0.3, 0.4) is 0 Å². The molecule has 1 saturated carbocycles. The van der Waals surface area contributed by atoms with E-state index in [-0.39, 0.29) is 29.3 Å². The van der Waals surface area contributed by atoms with Crippen molar-refractivity contribution in [1.82, 2.24) is 14.9 Å². The van der Waals surface area contributed by atoms with Crippen molar-refractivity contribution in [3.05, 3.63) is 35.5 Å². The minimum atomic E-state index is -4.79. The van der Waals surface area contributed by atoms with Gasteiger partial charge in [0.25, 0.3) is 0 Å². The third kappa shape index (κ3) is 4.54. The van der Waals surface area contributed by atoms with E-state index in [1.807, 2.05) is 0 Å². The lowest BCUT2D eigenvalue weighted by Gasteiger charge is -2.07. The zero-order chi connectivity index (χ0) is 18.2. The minimum Gasteiger partial charge on any atom is -0.329 e. The molecule has 0 aliphatic heterocycles. The molecule has 1 fully saturated rings. The zero-order valence-corrected chi connectivity index (χ0v) is 13.5. The summed E-state index contributed by atoms with van der Waals surface area (Å²) in [5.74, 6) is -2.56. The van der Waals surface area contributed by atoms with Gasteiger partial charge in [-0.1, -0.05) is 17.3 Å². The van der Waals surface area contributed by atoms with E-state index in [9.17, 15) is 26.0 Å². The Balaban J connectivity index is 1.71. The average Bonchev–Trinajstić information content (AvgIpc) is 3.15. The van der Waals surface area contributed by atoms with Gasteiger partial charge in [-0.05, 0) is 24.8 Å². The van der Waals surface area contributed by atoms with Crippen molar-refractivity contribution >= 4 is 10.0 Å². The van der Waals surface area contributed by atoms with Crippen molar-refractivity contribution in [2.24, 2.45) is 5.92 Å². The Morgan fingerprint density at radius 2 is 2.00 bits per heavy atom. The predicted octanol–water partition coefficient (Wildman–Crippen LogP) is 2.72. The van der Waals surface area contributed by atoms with Gasteiger partial charge in [-0.2, -0.15) is 18.2 Å². The summed E-state index contributed by atoms with van der Waals surface area (Å²) in [6.45, 7) is -0.249. The van der Waals surface area contributed by atoms with Gasteiger partial charge in [0.1, 0.15) is 5.82 Å². The van der Waals surface area contributed by atoms with Crippen molar-refractivity contribution in [1.29, 1.82) is 0 Å². The number of hydrogen-bond donors (Lipinski definition) is 1. The second-order valence-electron chi connectivity index (χ2n) is 5.77. The number of nitrogens with one attached hydrogen (secondary N) is 1. The Morgan fingerprint density at radius 3 is 2.56 bits per heavy atom. The highest BCUT2D eigenvalue weighted by Gasteiger charge is 2.38. The van der Waals surface area contributed by atoms with Crippen LogP contribution in [0.1, 0.15) is 24.3 Å². The van der Waals surface area contributed by atoms with Crippen molar-refractivity contribution in [2.75, 3.05) is 5.75 Å². The Bertz CT molecular complexity index is 876. The molecule has 0 radical (unpaired) electrons. The van der Waals surface area contributed by atoms with E-state index < -0.39 is 33.7 Å². The highest BCUT2D eigenvalue weighted by Crippen LogP contribution is 2.31. The van der Waals surface area contributed by atoms with Crippen LogP contribution in [0.25, 0.3) is 11.4 Å². The van der Waals surface area contributed by atoms with Gasteiger partial charge in [-0.25, -0.2) is 17.5 Å². The van der Waals surface area contributed by atoms with Gasteiger partial charge in [0.15, 0.2) is 0 Å². The van der Waals surface area contributed by atoms with E-state index >= 15 is 0 Å². The molecule has 136 valence electrons. The highest BCUT2D eigenvalue weighted by molar-refractivity contribution is 7.89. The highest BCUT2D eigenvalue weighted by atomic mass is 32.2. The molecule has 6 nitrogen and oxygen atoms in total. The first kappa shape index (κ1) is 17.8. The van der Waals surface area contributed by atoms with Gasteiger partial charge < -0.3 is 4.52 Å². The third-order valence-electron chi connectivity index (χ3n) is 3.61. The third-order valence-corrected chi connectivity index (χ3v) is 5.11. The summed E-state index contributed by atoms with van der Waals surface area (Å²) >= 11 is 0. The monoisotopic (exact) mass is 379 g/mol. The number of nitrogens with zero attached hydrogens (tertiary/aromatic N) is 2. The maximum Gasteiger partial charge on any atom is 0.471 e. The number of rotatable bonds is 6. The second kappa shape index (κ2) is 6.37. The molecular formula is C14H13F4N3O3S. The average molecular weight is 379 g/mol. The summed E-state index contributed by atoms with van der Waals surface area (Å²) in [6, 6.07) is 3.47. The van der Waals surface area contributed by atoms with Gasteiger partial charge in [0.05, 0.1) is 5.75 Å². The van der Waals surface area contributed by atoms with Gasteiger partial charge >= 0.3 is 12.1 Å². The molecule has 11 heteroatoms. The van der Waals surface area contributed by atoms with E-state index in [2.05, 4.69) is 19.4 Å². The molecule has 3 rings (SSSR count). The molecule has 1 aromatic carbocycles. The van der Waals surface area contributed by atoms with Crippen LogP contribution in [0, 0.1) is 11.7 Å². The number of halogens is 4. The lowest BCUT2D eigenvalue weighted by Crippen LogP contribution is -2.27. The lowest BCUT2D eigenvalue weighted by molar-refractivity contribution is -0.159. The van der Waals surface area contributed by atoms with Gasteiger partial charge in [-0.15, -0.1) is 0 Å². The van der Waals surface area contributed by atoms with Crippen molar-refractivity contribution in [3.63, 3.8) is 0 Å². The minimum absolute atomic E-state index is 0.00970. The molecule has 1 aliphatic rings. The summed E-state index contributed by atoms with van der Waals surface area (Å²) in [5.41, 5.74) is 0.0454. The summed E-state index contributed by atoms with van der Waals surface area (Å²) < 4.78 is 81.3. The van der Waals surface area contributed by atoms with E-state index in [1.54, 1.807) is 0 Å². The zero-order valence-electron chi connectivity index (χ0n) is 12.7. The fourth-order valence-corrected chi connectivity index (χ4v) is 3.57. The fraction of sp³-hybridized carbons (Fsp3) is 0.429. The van der Waals surface area contributed by atoms with Crippen molar-refractivity contribution < 1.29 is 30.5 Å². The van der Waals surface area contributed by atoms with Crippen molar-refractivity contribution in [2.45, 2.75) is 25.6 Å². The van der Waals surface area contributed by atoms with Crippen LogP contribution in [-0.4, -0.2) is 24.3 Å². The van der Waals surface area contributed by atoms with E-state index in [1.165, 1.54) is 12.1 Å². The molecule has 25 heavy (non-hydrogen) atoms. The number of hydrogen-bond acceptors (Lipinski definition) is 5. The molecule has 0 atom stereocenters. The molecule has 1 aromatic heterocycles. The summed E-state index contributed by atoms with van der Waals surface area (Å²) in [7, 11) is -3.49. The van der Waals surface area contributed by atoms with Crippen LogP contribution in [0.4, 0.5) is 17.6 Å². The lowest BCUT2D eigenvalue weighted by atomic mass is 10.1. The van der Waals surface area contributed by atoms with Crippen LogP contribution >= 0.6 is 0 Å². The molecule has 0 unspecified atom stereocenters. The number of benzene rings is 1. The largest absolute Gasteiger partial charge is 0.471 e. The molecule has 0 spiro atoms. The number of sulfonamides is 1. The molecule has 0 amide bonds.